The molecule has 0 bridgehead atoms. The number of rotatable bonds is 4. The molecule has 5 heteroatoms. The fourth-order valence-corrected chi connectivity index (χ4v) is 4.16. The van der Waals surface area contributed by atoms with Gasteiger partial charge in [-0.15, -0.1) is 0 Å². The van der Waals surface area contributed by atoms with Crippen LogP contribution in [0.4, 0.5) is 11.4 Å². The lowest BCUT2D eigenvalue weighted by Gasteiger charge is -2.35. The van der Waals surface area contributed by atoms with E-state index in [4.69, 9.17) is 4.74 Å². The highest BCUT2D eigenvalue weighted by Crippen LogP contribution is 2.29. The van der Waals surface area contributed by atoms with E-state index in [1.165, 1.54) is 24.9 Å². The predicted molar refractivity (Wildman–Crippen MR) is 110 cm³/mol. The molecule has 3 rings (SSSR count). The zero-order valence-corrected chi connectivity index (χ0v) is 17.1. The van der Waals surface area contributed by atoms with Crippen molar-refractivity contribution in [3.63, 3.8) is 0 Å². The first-order valence-electron chi connectivity index (χ1n) is 9.02. The third-order valence-electron chi connectivity index (χ3n) is 4.95. The Morgan fingerprint density at radius 2 is 1.96 bits per heavy atom. The normalized spacial score (nSPS) is 17.1. The van der Waals surface area contributed by atoms with Crippen molar-refractivity contribution in [3.8, 4) is 5.75 Å². The number of carbonyl (C=O) groups excluding carboxylic acids is 1. The van der Waals surface area contributed by atoms with Crippen molar-refractivity contribution in [2.45, 2.75) is 39.2 Å². The number of nitrogens with zero attached hydrogens (tertiary/aromatic N) is 1. The molecule has 1 aliphatic rings. The number of benzene rings is 2. The van der Waals surface area contributed by atoms with Crippen LogP contribution in [0.1, 0.15) is 42.1 Å². The third-order valence-corrected chi connectivity index (χ3v) is 5.41. The second-order valence-electron chi connectivity index (χ2n) is 6.84. The fourth-order valence-electron chi connectivity index (χ4n) is 3.59. The molecule has 1 N–H and O–H groups in total. The smallest absolute Gasteiger partial charge is 0.259 e. The summed E-state index contributed by atoms with van der Waals surface area (Å²) in [5.41, 5.74) is 3.43. The molecule has 138 valence electrons. The Balaban J connectivity index is 1.76. The highest BCUT2D eigenvalue weighted by molar-refractivity contribution is 9.10. The number of hydrogen-bond acceptors (Lipinski definition) is 3. The molecule has 26 heavy (non-hydrogen) atoms. The minimum Gasteiger partial charge on any atom is -0.496 e. The Morgan fingerprint density at radius 3 is 2.62 bits per heavy atom. The van der Waals surface area contributed by atoms with E-state index in [1.807, 2.05) is 25.1 Å². The molecule has 0 radical (unpaired) electrons. The fraction of sp³-hybridized carbons (Fsp3) is 0.381. The second-order valence-corrected chi connectivity index (χ2v) is 7.76. The van der Waals surface area contributed by atoms with E-state index in [-0.39, 0.29) is 5.91 Å². The standard InChI is InChI=1S/C21H25BrN2O2/c1-14-12-16(22)13-19(20(14)26-3)21(25)23-17-7-9-18(10-8-17)24-11-5-4-6-15(24)2/h7-10,12-13,15H,4-6,11H2,1-3H3,(H,23,25)/t15-/m1/s1. The summed E-state index contributed by atoms with van der Waals surface area (Å²) in [7, 11) is 1.58. The minimum atomic E-state index is -0.176. The van der Waals surface area contributed by atoms with E-state index in [1.54, 1.807) is 13.2 Å². The number of anilines is 2. The van der Waals surface area contributed by atoms with Crippen LogP contribution in [0.3, 0.4) is 0 Å². The van der Waals surface area contributed by atoms with Crippen LogP contribution in [0.25, 0.3) is 0 Å². The molecule has 1 aliphatic heterocycles. The molecule has 2 aromatic carbocycles. The van der Waals surface area contributed by atoms with Gasteiger partial charge in [-0.25, -0.2) is 0 Å². The predicted octanol–water partition coefficient (Wildman–Crippen LogP) is 5.40. The molecule has 1 amide bonds. The first-order valence-corrected chi connectivity index (χ1v) is 9.81. The van der Waals surface area contributed by atoms with Gasteiger partial charge in [-0.05, 0) is 75.1 Å². The van der Waals surface area contributed by atoms with Crippen molar-refractivity contribution >= 4 is 33.2 Å². The lowest BCUT2D eigenvalue weighted by atomic mass is 10.0. The van der Waals surface area contributed by atoms with Crippen LogP contribution < -0.4 is 15.0 Å². The highest BCUT2D eigenvalue weighted by atomic mass is 79.9. The molecular formula is C21H25BrN2O2. The number of piperidine rings is 1. The van der Waals surface area contributed by atoms with E-state index in [0.29, 0.717) is 17.4 Å². The summed E-state index contributed by atoms with van der Waals surface area (Å²) in [6.07, 6.45) is 3.78. The van der Waals surface area contributed by atoms with Gasteiger partial charge in [0.05, 0.1) is 12.7 Å². The van der Waals surface area contributed by atoms with Crippen molar-refractivity contribution in [1.82, 2.24) is 0 Å². The molecular weight excluding hydrogens is 392 g/mol. The van der Waals surface area contributed by atoms with E-state index < -0.39 is 0 Å². The maximum absolute atomic E-state index is 12.7. The molecule has 4 nitrogen and oxygen atoms in total. The molecule has 1 fully saturated rings. The van der Waals surface area contributed by atoms with E-state index >= 15 is 0 Å². The largest absolute Gasteiger partial charge is 0.496 e. The Kier molecular flexibility index (Phi) is 5.87. The molecule has 0 aliphatic carbocycles. The number of hydrogen-bond donors (Lipinski definition) is 1. The van der Waals surface area contributed by atoms with Gasteiger partial charge in [-0.2, -0.15) is 0 Å². The maximum atomic E-state index is 12.7. The Labute approximate surface area is 163 Å². The molecule has 1 heterocycles. The van der Waals surface area contributed by atoms with Crippen LogP contribution >= 0.6 is 15.9 Å². The summed E-state index contributed by atoms with van der Waals surface area (Å²) in [5, 5.41) is 2.97. The molecule has 0 spiro atoms. The number of amides is 1. The van der Waals surface area contributed by atoms with Gasteiger partial charge in [0.25, 0.3) is 5.91 Å². The summed E-state index contributed by atoms with van der Waals surface area (Å²) in [6, 6.07) is 12.4. The summed E-state index contributed by atoms with van der Waals surface area (Å²) in [4.78, 5) is 15.2. The first kappa shape index (κ1) is 18.8. The Bertz CT molecular complexity index is 789. The number of halogens is 1. The summed E-state index contributed by atoms with van der Waals surface area (Å²) >= 11 is 3.45. The number of ether oxygens (including phenoxy) is 1. The van der Waals surface area contributed by atoms with Crippen LogP contribution in [0, 0.1) is 6.92 Å². The first-order chi connectivity index (χ1) is 12.5. The molecule has 0 aromatic heterocycles. The number of carbonyl (C=O) groups is 1. The summed E-state index contributed by atoms with van der Waals surface area (Å²) in [5.74, 6) is 0.426. The highest BCUT2D eigenvalue weighted by Gasteiger charge is 2.19. The van der Waals surface area contributed by atoms with Crippen LogP contribution in [0.15, 0.2) is 40.9 Å². The monoisotopic (exact) mass is 416 g/mol. The Morgan fingerprint density at radius 1 is 1.23 bits per heavy atom. The van der Waals surface area contributed by atoms with Crippen molar-refractivity contribution in [2.75, 3.05) is 23.9 Å². The molecule has 2 aromatic rings. The molecule has 1 atom stereocenters. The summed E-state index contributed by atoms with van der Waals surface area (Å²) in [6.45, 7) is 5.30. The van der Waals surface area contributed by atoms with Gasteiger partial charge in [0, 0.05) is 28.4 Å². The summed E-state index contributed by atoms with van der Waals surface area (Å²) < 4.78 is 6.27. The van der Waals surface area contributed by atoms with Gasteiger partial charge in [-0.1, -0.05) is 15.9 Å². The van der Waals surface area contributed by atoms with Gasteiger partial charge >= 0.3 is 0 Å². The average molecular weight is 417 g/mol. The van der Waals surface area contributed by atoms with Gasteiger partial charge in [0.15, 0.2) is 0 Å². The maximum Gasteiger partial charge on any atom is 0.259 e. The van der Waals surface area contributed by atoms with Crippen LogP contribution in [0.2, 0.25) is 0 Å². The van der Waals surface area contributed by atoms with Crippen LogP contribution in [0.5, 0.6) is 5.75 Å². The molecule has 0 unspecified atom stereocenters. The van der Waals surface area contributed by atoms with Gasteiger partial charge in [0.2, 0.25) is 0 Å². The zero-order chi connectivity index (χ0) is 18.7. The SMILES string of the molecule is COc1c(C)cc(Br)cc1C(=O)Nc1ccc(N2CCCC[C@H]2C)cc1. The van der Waals surface area contributed by atoms with Gasteiger partial charge in [0.1, 0.15) is 5.75 Å². The molecule has 0 saturated carbocycles. The quantitative estimate of drug-likeness (QED) is 0.725. The molecule has 1 saturated heterocycles. The topological polar surface area (TPSA) is 41.6 Å². The van der Waals surface area contributed by atoms with Crippen molar-refractivity contribution < 1.29 is 9.53 Å². The zero-order valence-electron chi connectivity index (χ0n) is 15.5. The van der Waals surface area contributed by atoms with Crippen molar-refractivity contribution in [3.05, 3.63) is 52.0 Å². The minimum absolute atomic E-state index is 0.176. The number of aryl methyl sites for hydroxylation is 1. The third kappa shape index (κ3) is 4.04. The van der Waals surface area contributed by atoms with Crippen LogP contribution in [-0.4, -0.2) is 25.6 Å². The van der Waals surface area contributed by atoms with Crippen LogP contribution in [-0.2, 0) is 0 Å². The Hall–Kier alpha value is -2.01. The van der Waals surface area contributed by atoms with Gasteiger partial charge in [-0.3, -0.25) is 4.79 Å². The lowest BCUT2D eigenvalue weighted by Crippen LogP contribution is -2.37. The van der Waals surface area contributed by atoms with E-state index in [0.717, 1.165) is 22.3 Å². The van der Waals surface area contributed by atoms with E-state index in [2.05, 4.69) is 45.2 Å². The van der Waals surface area contributed by atoms with Gasteiger partial charge < -0.3 is 15.0 Å². The van der Waals surface area contributed by atoms with Crippen molar-refractivity contribution in [1.29, 1.82) is 0 Å². The number of nitrogens with one attached hydrogen (secondary N) is 1. The van der Waals surface area contributed by atoms with E-state index in [9.17, 15) is 4.79 Å². The average Bonchev–Trinajstić information content (AvgIpc) is 2.62. The lowest BCUT2D eigenvalue weighted by molar-refractivity contribution is 0.102. The number of methoxy groups -OCH3 is 1. The second kappa shape index (κ2) is 8.12. The van der Waals surface area contributed by atoms with Crippen molar-refractivity contribution in [2.24, 2.45) is 0 Å².